The van der Waals surface area contributed by atoms with Crippen LogP contribution < -0.4 is 16.0 Å². The van der Waals surface area contributed by atoms with Crippen molar-refractivity contribution < 1.29 is 9.59 Å². The molecule has 1 aliphatic heterocycles. The molecule has 0 aromatic heterocycles. The van der Waals surface area contributed by atoms with Gasteiger partial charge in [0.25, 0.3) is 0 Å². The van der Waals surface area contributed by atoms with Gasteiger partial charge >= 0.3 is 6.03 Å². The summed E-state index contributed by atoms with van der Waals surface area (Å²) < 4.78 is 0. The molecule has 0 atom stereocenters. The van der Waals surface area contributed by atoms with Crippen molar-refractivity contribution in [2.75, 3.05) is 39.3 Å². The van der Waals surface area contributed by atoms with Crippen LogP contribution in [0.1, 0.15) is 12.8 Å². The minimum atomic E-state index is 0.0221. The minimum absolute atomic E-state index is 0.0221. The molecule has 0 aromatic carbocycles. The normalized spacial score (nSPS) is 19.3. The van der Waals surface area contributed by atoms with Crippen LogP contribution in [0.4, 0.5) is 4.79 Å². The highest BCUT2D eigenvalue weighted by Crippen LogP contribution is 2.28. The largest absolute Gasteiger partial charge is 0.355 e. The first-order chi connectivity index (χ1) is 8.27. The molecule has 1 saturated heterocycles. The molecule has 0 bridgehead atoms. The van der Waals surface area contributed by atoms with E-state index in [4.69, 9.17) is 0 Å². The summed E-state index contributed by atoms with van der Waals surface area (Å²) in [5, 5.41) is 8.86. The Bertz CT molecular complexity index is 291. The van der Waals surface area contributed by atoms with E-state index in [1.807, 2.05) is 0 Å². The summed E-state index contributed by atoms with van der Waals surface area (Å²) in [6, 6.07) is 0.0221. The number of amides is 3. The van der Waals surface area contributed by atoms with Crippen molar-refractivity contribution in [1.82, 2.24) is 20.9 Å². The Hall–Kier alpha value is -1.30. The molecule has 2 fully saturated rings. The van der Waals surface area contributed by atoms with E-state index in [1.165, 1.54) is 0 Å². The third-order valence-corrected chi connectivity index (χ3v) is 3.05. The molecule has 1 heterocycles. The summed E-state index contributed by atoms with van der Waals surface area (Å²) in [5.41, 5.74) is 0. The number of hydrogen-bond donors (Lipinski definition) is 3. The number of nitrogens with one attached hydrogen (secondary N) is 3. The Morgan fingerprint density at radius 3 is 2.82 bits per heavy atom. The number of nitrogens with zero attached hydrogens (tertiary/aromatic N) is 1. The molecule has 2 rings (SSSR count). The molecule has 0 unspecified atom stereocenters. The van der Waals surface area contributed by atoms with Crippen molar-refractivity contribution in [1.29, 1.82) is 0 Å². The van der Waals surface area contributed by atoms with Crippen LogP contribution in [0, 0.1) is 5.92 Å². The summed E-state index contributed by atoms with van der Waals surface area (Å²) >= 11 is 0. The van der Waals surface area contributed by atoms with Crippen LogP contribution in [0.15, 0.2) is 0 Å². The second-order valence-corrected chi connectivity index (χ2v) is 4.53. The highest BCUT2D eigenvalue weighted by molar-refractivity contribution is 5.80. The summed E-state index contributed by atoms with van der Waals surface area (Å²) in [4.78, 5) is 24.3. The van der Waals surface area contributed by atoms with Gasteiger partial charge in [0.2, 0.25) is 5.91 Å². The van der Waals surface area contributed by atoms with Crippen molar-refractivity contribution in [3.8, 4) is 0 Å². The van der Waals surface area contributed by atoms with Crippen molar-refractivity contribution in [2.45, 2.75) is 12.8 Å². The smallest absolute Gasteiger partial charge is 0.317 e. The molecule has 6 nitrogen and oxygen atoms in total. The number of hydrogen-bond acceptors (Lipinski definition) is 3. The van der Waals surface area contributed by atoms with Gasteiger partial charge in [-0.1, -0.05) is 0 Å². The summed E-state index contributed by atoms with van der Waals surface area (Å²) in [6.07, 6.45) is 2.09. The monoisotopic (exact) mass is 240 g/mol. The van der Waals surface area contributed by atoms with Crippen molar-refractivity contribution >= 4 is 11.9 Å². The highest BCUT2D eigenvalue weighted by Gasteiger charge is 2.28. The van der Waals surface area contributed by atoms with Crippen LogP contribution in [0.2, 0.25) is 0 Å². The van der Waals surface area contributed by atoms with E-state index < -0.39 is 0 Å². The minimum Gasteiger partial charge on any atom is -0.355 e. The van der Waals surface area contributed by atoms with Gasteiger partial charge < -0.3 is 20.9 Å². The molecule has 0 radical (unpaired) electrons. The summed E-state index contributed by atoms with van der Waals surface area (Å²) in [7, 11) is 0. The van der Waals surface area contributed by atoms with Crippen LogP contribution in [-0.2, 0) is 4.79 Å². The third kappa shape index (κ3) is 3.89. The first-order valence-corrected chi connectivity index (χ1v) is 6.28. The van der Waals surface area contributed by atoms with E-state index >= 15 is 0 Å². The Morgan fingerprint density at radius 1 is 1.35 bits per heavy atom. The van der Waals surface area contributed by atoms with Crippen LogP contribution in [0.25, 0.3) is 0 Å². The highest BCUT2D eigenvalue weighted by atomic mass is 16.2. The molecule has 0 aromatic rings. The van der Waals surface area contributed by atoms with Crippen LogP contribution in [0.5, 0.6) is 0 Å². The second kappa shape index (κ2) is 5.86. The van der Waals surface area contributed by atoms with E-state index in [2.05, 4.69) is 16.0 Å². The van der Waals surface area contributed by atoms with Gasteiger partial charge in [0, 0.05) is 45.2 Å². The zero-order chi connectivity index (χ0) is 12.1. The molecule has 3 N–H and O–H groups in total. The number of carbonyl (C=O) groups is 2. The molecule has 2 aliphatic rings. The first-order valence-electron chi connectivity index (χ1n) is 6.28. The zero-order valence-corrected chi connectivity index (χ0v) is 10.00. The fraction of sp³-hybridized carbons (Fsp3) is 0.818. The van der Waals surface area contributed by atoms with Gasteiger partial charge in [-0.05, 0) is 12.8 Å². The predicted molar refractivity (Wildman–Crippen MR) is 63.6 cm³/mol. The molecule has 3 amide bonds. The number of rotatable bonds is 7. The van der Waals surface area contributed by atoms with Gasteiger partial charge in [-0.2, -0.15) is 0 Å². The van der Waals surface area contributed by atoms with Crippen LogP contribution >= 0.6 is 0 Å². The summed E-state index contributed by atoms with van der Waals surface area (Å²) in [6.45, 7) is 4.46. The average Bonchev–Trinajstić information content (AvgIpc) is 3.09. The first kappa shape index (κ1) is 12.2. The molecule has 96 valence electrons. The molecular formula is C11H20N4O2. The van der Waals surface area contributed by atoms with Gasteiger partial charge in [-0.15, -0.1) is 0 Å². The fourth-order valence-electron chi connectivity index (χ4n) is 1.83. The van der Waals surface area contributed by atoms with E-state index in [-0.39, 0.29) is 17.9 Å². The quantitative estimate of drug-likeness (QED) is 0.506. The fourth-order valence-corrected chi connectivity index (χ4v) is 1.83. The predicted octanol–water partition coefficient (Wildman–Crippen LogP) is -0.873. The average molecular weight is 240 g/mol. The molecule has 1 aliphatic carbocycles. The second-order valence-electron chi connectivity index (χ2n) is 4.53. The zero-order valence-electron chi connectivity index (χ0n) is 10.00. The Labute approximate surface area is 101 Å². The Balaban J connectivity index is 1.43. The van der Waals surface area contributed by atoms with Crippen molar-refractivity contribution in [3.63, 3.8) is 0 Å². The van der Waals surface area contributed by atoms with Gasteiger partial charge in [-0.25, -0.2) is 4.79 Å². The number of urea groups is 1. The maximum Gasteiger partial charge on any atom is 0.317 e. The molecular weight excluding hydrogens is 220 g/mol. The van der Waals surface area contributed by atoms with Crippen LogP contribution in [0.3, 0.4) is 0 Å². The maximum atomic E-state index is 11.3. The Kier molecular flexibility index (Phi) is 4.19. The Morgan fingerprint density at radius 2 is 2.18 bits per heavy atom. The van der Waals surface area contributed by atoms with Crippen molar-refractivity contribution in [2.24, 2.45) is 5.92 Å². The maximum absolute atomic E-state index is 11.3. The van der Waals surface area contributed by atoms with Crippen LogP contribution in [-0.4, -0.2) is 56.1 Å². The standard InChI is InChI=1S/C11H20N4O2/c16-10(9-1-2-9)13-4-3-12-5-7-15-8-6-14-11(15)17/h9,12H,1-8H2,(H,13,16)(H,14,17). The van der Waals surface area contributed by atoms with E-state index in [0.717, 1.165) is 45.6 Å². The van der Waals surface area contributed by atoms with E-state index in [0.29, 0.717) is 6.54 Å². The lowest BCUT2D eigenvalue weighted by molar-refractivity contribution is -0.122. The third-order valence-electron chi connectivity index (χ3n) is 3.05. The topological polar surface area (TPSA) is 73.5 Å². The number of carbonyl (C=O) groups excluding carboxylic acids is 2. The van der Waals surface area contributed by atoms with E-state index in [9.17, 15) is 9.59 Å². The molecule has 17 heavy (non-hydrogen) atoms. The lowest BCUT2D eigenvalue weighted by Crippen LogP contribution is -2.38. The molecule has 6 heteroatoms. The van der Waals surface area contributed by atoms with Gasteiger partial charge in [0.15, 0.2) is 0 Å². The SMILES string of the molecule is O=C(NCCNCCN1CCNC1=O)C1CC1. The van der Waals surface area contributed by atoms with Gasteiger partial charge in [0.05, 0.1) is 0 Å². The lowest BCUT2D eigenvalue weighted by Gasteiger charge is -2.14. The van der Waals surface area contributed by atoms with Gasteiger partial charge in [-0.3, -0.25) is 4.79 Å². The van der Waals surface area contributed by atoms with Crippen molar-refractivity contribution in [3.05, 3.63) is 0 Å². The molecule has 0 spiro atoms. The van der Waals surface area contributed by atoms with Gasteiger partial charge in [0.1, 0.15) is 0 Å². The molecule has 1 saturated carbocycles. The summed E-state index contributed by atoms with van der Waals surface area (Å²) in [5.74, 6) is 0.467. The van der Waals surface area contributed by atoms with E-state index in [1.54, 1.807) is 4.90 Å². The lowest BCUT2D eigenvalue weighted by atomic mass is 10.4.